The molecule has 0 N–H and O–H groups in total. The first-order valence-electron chi connectivity index (χ1n) is 23.7. The molecule has 0 heterocycles. The summed E-state index contributed by atoms with van der Waals surface area (Å²) in [5.74, 6) is 0. The van der Waals surface area contributed by atoms with Crippen LogP contribution in [0.3, 0.4) is 0 Å². The molecule has 0 nitrogen and oxygen atoms in total. The summed E-state index contributed by atoms with van der Waals surface area (Å²) in [6, 6.07) is 49.4. The summed E-state index contributed by atoms with van der Waals surface area (Å²) in [6.07, 6.45) is 32.1. The molecular formula is C56H70P2Zr. The standard InChI is InChI=1S/2C21H28P.C14H14.Zr/c2*1-3-11-19(12-4-1)22(20-13-5-2-6-14-20)21-15-17-9-7-8-10-18(17)16-21;1-3-7-13(8-4-1)11-12-14-9-5-2-6-10-14;/h2*7-10,15-16,19-20H,1-6,11-14H2;1-10H,11-12H2;/q2*-1;;+2. The molecule has 6 aromatic rings. The second-order valence-corrected chi connectivity index (χ2v) is 23.7. The number of fused-ring (bicyclic) bond motifs is 2. The zero-order valence-electron chi connectivity index (χ0n) is 36.0. The molecule has 4 aliphatic carbocycles. The molecule has 4 aliphatic rings. The Hall–Kier alpha value is -2.16. The van der Waals surface area contributed by atoms with Crippen LogP contribution in [0.4, 0.5) is 0 Å². The van der Waals surface area contributed by atoms with E-state index < -0.39 is 0 Å². The summed E-state index contributed by atoms with van der Waals surface area (Å²) in [5.41, 5.74) is 6.90. The van der Waals surface area contributed by atoms with Crippen molar-refractivity contribution < 1.29 is 26.2 Å². The van der Waals surface area contributed by atoms with Crippen molar-refractivity contribution in [3.8, 4) is 0 Å². The molecule has 10 rings (SSSR count). The van der Waals surface area contributed by atoms with Gasteiger partial charge in [-0.15, -0.1) is 80.7 Å². The van der Waals surface area contributed by atoms with Crippen LogP contribution in [0, 0.1) is 0 Å². The van der Waals surface area contributed by atoms with Crippen molar-refractivity contribution in [2.24, 2.45) is 0 Å². The predicted molar refractivity (Wildman–Crippen MR) is 260 cm³/mol. The minimum Gasteiger partial charge on any atom is -0.161 e. The Morgan fingerprint density at radius 1 is 0.356 bits per heavy atom. The smallest absolute Gasteiger partial charge is 0.161 e. The number of aryl methyl sites for hydroxylation is 2. The van der Waals surface area contributed by atoms with Crippen molar-refractivity contribution in [1.29, 1.82) is 0 Å². The SMILES string of the molecule is [Zr+2].c1ccc(CCc2ccccc2)cc1.c1ccc2[cH-]c(P(C3CCCCC3)C3CCCCC3)cc2c1.c1ccc2[cH-]c(P(C3CCCCC3)C3CCCCC3)cc2c1. The summed E-state index contributed by atoms with van der Waals surface area (Å²) in [4.78, 5) is 0. The third kappa shape index (κ3) is 12.7. The topological polar surface area (TPSA) is 0 Å². The fraction of sp³-hybridized carbons (Fsp3) is 0.464. The zero-order chi connectivity index (χ0) is 39.2. The molecule has 59 heavy (non-hydrogen) atoms. The van der Waals surface area contributed by atoms with Crippen LogP contribution in [0.15, 0.2) is 133 Å². The Labute approximate surface area is 380 Å². The van der Waals surface area contributed by atoms with Crippen molar-refractivity contribution in [2.75, 3.05) is 0 Å². The molecular weight excluding hydrogens is 826 g/mol. The molecule has 6 aromatic carbocycles. The second-order valence-electron chi connectivity index (χ2n) is 18.1. The van der Waals surface area contributed by atoms with E-state index in [0.717, 1.165) is 35.5 Å². The van der Waals surface area contributed by atoms with Gasteiger partial charge in [-0.3, -0.25) is 0 Å². The minimum atomic E-state index is 0. The summed E-state index contributed by atoms with van der Waals surface area (Å²) in [7, 11) is 0.122. The predicted octanol–water partition coefficient (Wildman–Crippen LogP) is 16.1. The van der Waals surface area contributed by atoms with Gasteiger partial charge in [0.2, 0.25) is 0 Å². The number of rotatable bonds is 9. The van der Waals surface area contributed by atoms with Gasteiger partial charge in [-0.05, 0) is 98.0 Å². The Kier molecular flexibility index (Phi) is 18.2. The fourth-order valence-corrected chi connectivity index (χ4v) is 18.7. The second kappa shape index (κ2) is 23.9. The molecule has 0 atom stereocenters. The zero-order valence-corrected chi connectivity index (χ0v) is 40.2. The van der Waals surface area contributed by atoms with Gasteiger partial charge in [-0.25, -0.2) is 0 Å². The van der Waals surface area contributed by atoms with E-state index in [0.29, 0.717) is 0 Å². The third-order valence-electron chi connectivity index (χ3n) is 14.1. The molecule has 0 unspecified atom stereocenters. The third-order valence-corrected chi connectivity index (χ3v) is 21.0. The molecule has 0 spiro atoms. The van der Waals surface area contributed by atoms with Crippen LogP contribution in [0.2, 0.25) is 0 Å². The first kappa shape index (κ1) is 44.9. The average Bonchev–Trinajstić information content (AvgIpc) is 3.93. The average molecular weight is 896 g/mol. The Morgan fingerprint density at radius 2 is 0.644 bits per heavy atom. The normalized spacial score (nSPS) is 18.5. The van der Waals surface area contributed by atoms with E-state index in [-0.39, 0.29) is 42.0 Å². The van der Waals surface area contributed by atoms with Gasteiger partial charge in [-0.2, -0.15) is 12.1 Å². The van der Waals surface area contributed by atoms with Gasteiger partial charge in [0.05, 0.1) is 0 Å². The molecule has 4 saturated carbocycles. The minimum absolute atomic E-state index is 0. The van der Waals surface area contributed by atoms with Gasteiger partial charge in [0.1, 0.15) is 0 Å². The summed E-state index contributed by atoms with van der Waals surface area (Å²) >= 11 is 0. The van der Waals surface area contributed by atoms with Gasteiger partial charge >= 0.3 is 26.2 Å². The van der Waals surface area contributed by atoms with Crippen molar-refractivity contribution in [3.05, 3.63) is 145 Å². The summed E-state index contributed by atoms with van der Waals surface area (Å²) < 4.78 is 0. The molecule has 0 aliphatic heterocycles. The number of hydrogen-bond acceptors (Lipinski definition) is 0. The molecule has 3 heteroatoms. The van der Waals surface area contributed by atoms with Crippen molar-refractivity contribution in [2.45, 2.75) is 164 Å². The van der Waals surface area contributed by atoms with Crippen LogP contribution in [0.25, 0.3) is 21.5 Å². The van der Waals surface area contributed by atoms with E-state index in [1.807, 2.05) is 0 Å². The number of hydrogen-bond donors (Lipinski definition) is 0. The molecule has 4 fully saturated rings. The van der Waals surface area contributed by atoms with Crippen molar-refractivity contribution in [3.63, 3.8) is 0 Å². The molecule has 308 valence electrons. The molecule has 0 saturated heterocycles. The van der Waals surface area contributed by atoms with Crippen LogP contribution >= 0.6 is 15.8 Å². The molecule has 0 amide bonds. The van der Waals surface area contributed by atoms with Crippen LogP contribution in [0.5, 0.6) is 0 Å². The van der Waals surface area contributed by atoms with Crippen molar-refractivity contribution in [1.82, 2.24) is 0 Å². The molecule has 0 radical (unpaired) electrons. The molecule has 0 bridgehead atoms. The van der Waals surface area contributed by atoms with Crippen LogP contribution in [0.1, 0.15) is 140 Å². The summed E-state index contributed by atoms with van der Waals surface area (Å²) in [5, 5.41) is 9.34. The van der Waals surface area contributed by atoms with E-state index in [4.69, 9.17) is 0 Å². The molecule has 0 aromatic heterocycles. The van der Waals surface area contributed by atoms with E-state index in [9.17, 15) is 0 Å². The van der Waals surface area contributed by atoms with Crippen molar-refractivity contribution >= 4 is 48.0 Å². The fourth-order valence-electron chi connectivity index (χ4n) is 11.0. The largest absolute Gasteiger partial charge is 2.00 e. The van der Waals surface area contributed by atoms with Gasteiger partial charge in [-0.1, -0.05) is 166 Å². The van der Waals surface area contributed by atoms with Crippen LogP contribution in [-0.2, 0) is 39.0 Å². The number of benzene rings is 4. The van der Waals surface area contributed by atoms with E-state index in [2.05, 4.69) is 133 Å². The maximum Gasteiger partial charge on any atom is 2.00 e. The Morgan fingerprint density at radius 3 is 0.949 bits per heavy atom. The maximum absolute atomic E-state index is 2.55. The monoisotopic (exact) mass is 894 g/mol. The first-order chi connectivity index (χ1) is 28.8. The Balaban J connectivity index is 0.000000137. The van der Waals surface area contributed by atoms with E-state index in [1.165, 1.54) is 161 Å². The summed E-state index contributed by atoms with van der Waals surface area (Å²) in [6.45, 7) is 0. The van der Waals surface area contributed by atoms with E-state index >= 15 is 0 Å². The van der Waals surface area contributed by atoms with Gasteiger partial charge in [0, 0.05) is 0 Å². The quantitative estimate of drug-likeness (QED) is 0.100. The first-order valence-corrected chi connectivity index (χ1v) is 26.7. The van der Waals surface area contributed by atoms with Crippen LogP contribution < -0.4 is 10.6 Å². The van der Waals surface area contributed by atoms with E-state index in [1.54, 1.807) is 10.6 Å². The van der Waals surface area contributed by atoms with Gasteiger partial charge in [0.25, 0.3) is 0 Å². The van der Waals surface area contributed by atoms with Crippen LogP contribution in [-0.4, -0.2) is 22.6 Å². The van der Waals surface area contributed by atoms with Gasteiger partial charge in [0.15, 0.2) is 0 Å². The maximum atomic E-state index is 2.55. The van der Waals surface area contributed by atoms with Gasteiger partial charge < -0.3 is 0 Å². The Bertz CT molecular complexity index is 1790.